The summed E-state index contributed by atoms with van der Waals surface area (Å²) in [6.07, 6.45) is 8.03. The Morgan fingerprint density at radius 3 is 2.56 bits per heavy atom. The normalized spacial score (nSPS) is 16.6. The second kappa shape index (κ2) is 13.7. The van der Waals surface area contributed by atoms with Gasteiger partial charge >= 0.3 is 0 Å². The Morgan fingerprint density at radius 1 is 1.28 bits per heavy atom. The molecule has 1 saturated heterocycles. The molecule has 0 radical (unpaired) electrons. The van der Waals surface area contributed by atoms with Crippen LogP contribution in [0.15, 0.2) is 23.8 Å². The van der Waals surface area contributed by atoms with Gasteiger partial charge in [-0.2, -0.15) is 0 Å². The Morgan fingerprint density at radius 2 is 2.00 bits per heavy atom. The lowest BCUT2D eigenvalue weighted by Gasteiger charge is -2.02. The standard InChI is InChI=1S/C19H22N2O2.C10H15N.CH5N/c1-5-7-13-14(10-22)19-20-16-15(23)9-8-12(4)18(16)21(19)17(13)11(3)6-2;1-3-9(2)4-5-10-6-7-11-8-10;1-2/h7-10,20,23H,5-6H2,1-4H3;3,10-11H,6-8H2,1-2H3;2H2,1H3/b13-7+,17-11?;9-3+;. The number of hydrogen-bond donors (Lipinski definition) is 4. The molecule has 1 unspecified atom stereocenters. The van der Waals surface area contributed by atoms with Crippen molar-refractivity contribution in [2.45, 2.75) is 60.8 Å². The van der Waals surface area contributed by atoms with Crippen LogP contribution in [0.5, 0.6) is 5.75 Å². The molecule has 5 N–H and O–H groups in total. The Hall–Kier alpha value is -3.27. The van der Waals surface area contributed by atoms with Gasteiger partial charge in [0.2, 0.25) is 0 Å². The van der Waals surface area contributed by atoms with Crippen LogP contribution in [-0.4, -0.2) is 40.9 Å². The van der Waals surface area contributed by atoms with Gasteiger partial charge in [0.15, 0.2) is 6.29 Å². The number of H-pyrrole nitrogens is 1. The number of aromatic nitrogens is 2. The lowest BCUT2D eigenvalue weighted by atomic mass is 10.1. The molecular weight excluding hydrogens is 448 g/mol. The molecule has 1 fully saturated rings. The van der Waals surface area contributed by atoms with Crippen LogP contribution in [0.1, 0.15) is 69.8 Å². The van der Waals surface area contributed by atoms with E-state index in [1.54, 1.807) is 6.07 Å². The van der Waals surface area contributed by atoms with Gasteiger partial charge in [-0.15, -0.1) is 0 Å². The van der Waals surface area contributed by atoms with E-state index < -0.39 is 0 Å². The van der Waals surface area contributed by atoms with E-state index >= 15 is 0 Å². The Kier molecular flexibility index (Phi) is 11.0. The van der Waals surface area contributed by atoms with Crippen LogP contribution < -0.4 is 21.6 Å². The summed E-state index contributed by atoms with van der Waals surface area (Å²) in [6, 6.07) is 3.59. The molecule has 1 aliphatic heterocycles. The minimum atomic E-state index is 0.201. The Balaban J connectivity index is 0.000000295. The number of nitrogens with one attached hydrogen (secondary N) is 2. The number of benzene rings is 1. The van der Waals surface area contributed by atoms with Crippen molar-refractivity contribution in [3.8, 4) is 17.6 Å². The van der Waals surface area contributed by atoms with Crippen molar-refractivity contribution < 1.29 is 9.90 Å². The lowest BCUT2D eigenvalue weighted by Crippen LogP contribution is -2.29. The van der Waals surface area contributed by atoms with Crippen molar-refractivity contribution in [1.82, 2.24) is 14.7 Å². The van der Waals surface area contributed by atoms with Crippen LogP contribution in [0.25, 0.3) is 28.3 Å². The lowest BCUT2D eigenvalue weighted by molar-refractivity contribution is 0.112. The number of phenolic OH excluding ortho intramolecular Hbond substituents is 1. The SMILES string of the molecule is C/C=C(\C)C#CC1CCNC1.CC/C=c1\c(C=O)c2[nH]c3c(O)ccc(C)c3n2c1=C(C)CC.CN. The van der Waals surface area contributed by atoms with Crippen molar-refractivity contribution in [3.63, 3.8) is 0 Å². The number of aromatic hydroxyl groups is 1. The Bertz CT molecular complexity index is 1400. The fraction of sp³-hybridized carbons (Fsp3) is 0.433. The van der Waals surface area contributed by atoms with E-state index in [4.69, 9.17) is 0 Å². The molecule has 0 amide bonds. The van der Waals surface area contributed by atoms with E-state index in [-0.39, 0.29) is 5.75 Å². The Labute approximate surface area is 215 Å². The molecule has 0 spiro atoms. The summed E-state index contributed by atoms with van der Waals surface area (Å²) in [6.45, 7) is 14.6. The zero-order valence-electron chi connectivity index (χ0n) is 22.9. The van der Waals surface area contributed by atoms with E-state index in [1.165, 1.54) is 24.6 Å². The minimum absolute atomic E-state index is 0.201. The van der Waals surface area contributed by atoms with E-state index in [9.17, 15) is 9.90 Å². The van der Waals surface area contributed by atoms with Crippen molar-refractivity contribution in [2.75, 3.05) is 20.1 Å². The van der Waals surface area contributed by atoms with Crippen LogP contribution in [-0.2, 0) is 0 Å². The summed E-state index contributed by atoms with van der Waals surface area (Å²) in [5.41, 5.74) is 11.0. The number of rotatable bonds is 3. The first-order valence-corrected chi connectivity index (χ1v) is 12.8. The summed E-state index contributed by atoms with van der Waals surface area (Å²) >= 11 is 0. The van der Waals surface area contributed by atoms with Gasteiger partial charge in [-0.1, -0.05) is 43.9 Å². The van der Waals surface area contributed by atoms with Crippen molar-refractivity contribution in [1.29, 1.82) is 0 Å². The van der Waals surface area contributed by atoms with Crippen LogP contribution in [0.2, 0.25) is 0 Å². The summed E-state index contributed by atoms with van der Waals surface area (Å²) < 4.78 is 2.09. The quantitative estimate of drug-likeness (QED) is 0.328. The molecule has 1 aromatic carbocycles. The topological polar surface area (TPSA) is 95.5 Å². The predicted molar refractivity (Wildman–Crippen MR) is 153 cm³/mol. The van der Waals surface area contributed by atoms with Crippen molar-refractivity contribution in [2.24, 2.45) is 11.7 Å². The highest BCUT2D eigenvalue weighted by atomic mass is 16.3. The van der Waals surface area contributed by atoms with E-state index in [2.05, 4.69) is 72.1 Å². The fourth-order valence-corrected chi connectivity index (χ4v) is 4.35. The number of aldehydes is 1. The largest absolute Gasteiger partial charge is 0.506 e. The number of imidazole rings is 1. The number of hydrogen-bond acceptors (Lipinski definition) is 4. The van der Waals surface area contributed by atoms with Gasteiger partial charge in [-0.05, 0) is 83.3 Å². The summed E-state index contributed by atoms with van der Waals surface area (Å²) in [4.78, 5) is 15.0. The first kappa shape index (κ1) is 29.0. The molecule has 0 saturated carbocycles. The molecular formula is C30H42N4O2. The van der Waals surface area contributed by atoms with Gasteiger partial charge in [0.05, 0.1) is 16.4 Å². The molecule has 4 rings (SSSR count). The van der Waals surface area contributed by atoms with Gasteiger partial charge in [0.1, 0.15) is 16.9 Å². The third-order valence-electron chi connectivity index (χ3n) is 6.50. The van der Waals surface area contributed by atoms with Gasteiger partial charge in [-0.25, -0.2) is 0 Å². The smallest absolute Gasteiger partial charge is 0.154 e. The van der Waals surface area contributed by atoms with Gasteiger partial charge in [0, 0.05) is 17.7 Å². The van der Waals surface area contributed by atoms with Gasteiger partial charge in [0.25, 0.3) is 0 Å². The zero-order chi connectivity index (χ0) is 26.8. The molecule has 0 bridgehead atoms. The highest BCUT2D eigenvalue weighted by molar-refractivity contribution is 5.95. The number of phenols is 1. The maximum absolute atomic E-state index is 11.8. The number of nitrogens with zero attached hydrogens (tertiary/aromatic N) is 1. The first-order chi connectivity index (χ1) is 17.4. The van der Waals surface area contributed by atoms with Gasteiger partial charge < -0.3 is 21.1 Å². The van der Waals surface area contributed by atoms with E-state index in [0.29, 0.717) is 17.0 Å². The van der Waals surface area contributed by atoms with E-state index in [0.717, 1.165) is 59.5 Å². The molecule has 2 aromatic heterocycles. The molecule has 0 aliphatic carbocycles. The second-order valence-electron chi connectivity index (χ2n) is 8.91. The van der Waals surface area contributed by atoms with Crippen LogP contribution >= 0.6 is 0 Å². The average Bonchev–Trinajstić information content (AvgIpc) is 3.62. The highest BCUT2D eigenvalue weighted by Crippen LogP contribution is 2.27. The van der Waals surface area contributed by atoms with Crippen molar-refractivity contribution in [3.05, 3.63) is 45.5 Å². The number of fused-ring (bicyclic) bond motifs is 3. The molecule has 1 aliphatic rings. The average molecular weight is 491 g/mol. The molecule has 194 valence electrons. The van der Waals surface area contributed by atoms with Crippen molar-refractivity contribution >= 4 is 34.6 Å². The highest BCUT2D eigenvalue weighted by Gasteiger charge is 2.17. The molecule has 1 atom stereocenters. The third kappa shape index (κ3) is 6.10. The molecule has 3 aromatic rings. The fourth-order valence-electron chi connectivity index (χ4n) is 4.35. The maximum Gasteiger partial charge on any atom is 0.154 e. The predicted octanol–water partition coefficient (Wildman–Crippen LogP) is 4.16. The number of carbonyl (C=O) groups excluding carboxylic acids is 1. The number of aryl methyl sites for hydroxylation is 1. The van der Waals surface area contributed by atoms with Gasteiger partial charge in [-0.3, -0.25) is 9.20 Å². The molecule has 6 nitrogen and oxygen atoms in total. The minimum Gasteiger partial charge on any atom is -0.506 e. The van der Waals surface area contributed by atoms with Crippen LogP contribution in [0.3, 0.4) is 0 Å². The second-order valence-corrected chi connectivity index (χ2v) is 8.91. The summed E-state index contributed by atoms with van der Waals surface area (Å²) in [5.74, 6) is 7.19. The van der Waals surface area contributed by atoms with Crippen LogP contribution in [0.4, 0.5) is 0 Å². The zero-order valence-corrected chi connectivity index (χ0v) is 22.9. The van der Waals surface area contributed by atoms with E-state index in [1.807, 2.05) is 19.9 Å². The summed E-state index contributed by atoms with van der Waals surface area (Å²) in [5, 5.41) is 15.5. The third-order valence-corrected chi connectivity index (χ3v) is 6.50. The molecule has 3 heterocycles. The van der Waals surface area contributed by atoms with Crippen LogP contribution in [0, 0.1) is 24.7 Å². The number of allylic oxidation sites excluding steroid dienone is 2. The first-order valence-electron chi connectivity index (χ1n) is 12.8. The summed E-state index contributed by atoms with van der Waals surface area (Å²) in [7, 11) is 1.50. The monoisotopic (exact) mass is 490 g/mol. The number of aromatic amines is 1. The molecule has 6 heteroatoms. The number of nitrogens with two attached hydrogens (primary N) is 1. The maximum atomic E-state index is 11.8. The number of carbonyl (C=O) groups is 1. The molecule has 36 heavy (non-hydrogen) atoms.